The summed E-state index contributed by atoms with van der Waals surface area (Å²) in [6, 6.07) is 14.4. The number of fused-ring (bicyclic) bond motifs is 1. The standard InChI is InChI=1S/C17H13ClO2/c18-13-7-5-11(6-8-13)16(19)9-12-10-17(20)15-4-2-1-3-14(12)15/h1-8,12H,9-10H2/t12-/m0/s1. The molecule has 0 bridgehead atoms. The van der Waals surface area contributed by atoms with Crippen LogP contribution in [0.25, 0.3) is 0 Å². The van der Waals surface area contributed by atoms with E-state index < -0.39 is 0 Å². The summed E-state index contributed by atoms with van der Waals surface area (Å²) in [5.41, 5.74) is 2.41. The van der Waals surface area contributed by atoms with Gasteiger partial charge in [0.2, 0.25) is 0 Å². The maximum atomic E-state index is 12.3. The van der Waals surface area contributed by atoms with Crippen LogP contribution in [0.2, 0.25) is 5.02 Å². The molecule has 2 nitrogen and oxygen atoms in total. The Bertz CT molecular complexity index is 674. The molecule has 0 saturated heterocycles. The van der Waals surface area contributed by atoms with E-state index >= 15 is 0 Å². The fourth-order valence-electron chi connectivity index (χ4n) is 2.71. The van der Waals surface area contributed by atoms with Crippen LogP contribution in [0.5, 0.6) is 0 Å². The average molecular weight is 285 g/mol. The second kappa shape index (κ2) is 5.22. The van der Waals surface area contributed by atoms with Crippen molar-refractivity contribution in [3.8, 4) is 0 Å². The highest BCUT2D eigenvalue weighted by Gasteiger charge is 2.30. The Kier molecular flexibility index (Phi) is 3.41. The average Bonchev–Trinajstić information content (AvgIpc) is 2.77. The molecule has 2 aromatic carbocycles. The highest BCUT2D eigenvalue weighted by atomic mass is 35.5. The van der Waals surface area contributed by atoms with E-state index in [2.05, 4.69) is 0 Å². The Labute approximate surface area is 122 Å². The Hall–Kier alpha value is -1.93. The molecule has 100 valence electrons. The smallest absolute Gasteiger partial charge is 0.163 e. The molecule has 0 heterocycles. The summed E-state index contributed by atoms with van der Waals surface area (Å²) in [6.45, 7) is 0. The van der Waals surface area contributed by atoms with Crippen molar-refractivity contribution in [1.29, 1.82) is 0 Å². The molecule has 0 radical (unpaired) electrons. The zero-order chi connectivity index (χ0) is 14.1. The molecular weight excluding hydrogens is 272 g/mol. The van der Waals surface area contributed by atoms with Gasteiger partial charge in [-0.05, 0) is 35.7 Å². The summed E-state index contributed by atoms with van der Waals surface area (Å²) in [5, 5.41) is 0.614. The van der Waals surface area contributed by atoms with E-state index in [1.807, 2.05) is 24.3 Å². The summed E-state index contributed by atoms with van der Waals surface area (Å²) in [6.07, 6.45) is 0.795. The Balaban J connectivity index is 1.81. The minimum absolute atomic E-state index is 0.00174. The summed E-state index contributed by atoms with van der Waals surface area (Å²) in [7, 11) is 0. The molecule has 1 atom stereocenters. The SMILES string of the molecule is O=C(C[C@H]1CC(=O)c2ccccc21)c1ccc(Cl)cc1. The lowest BCUT2D eigenvalue weighted by Gasteiger charge is -2.09. The van der Waals surface area contributed by atoms with Gasteiger partial charge in [-0.1, -0.05) is 35.9 Å². The van der Waals surface area contributed by atoms with Crippen molar-refractivity contribution >= 4 is 23.2 Å². The zero-order valence-corrected chi connectivity index (χ0v) is 11.6. The molecule has 3 rings (SSSR count). The lowest BCUT2D eigenvalue weighted by molar-refractivity contribution is 0.0959. The number of benzene rings is 2. The van der Waals surface area contributed by atoms with Gasteiger partial charge in [0.25, 0.3) is 0 Å². The van der Waals surface area contributed by atoms with Crippen LogP contribution in [0.3, 0.4) is 0 Å². The van der Waals surface area contributed by atoms with Gasteiger partial charge < -0.3 is 0 Å². The summed E-state index contributed by atoms with van der Waals surface area (Å²) < 4.78 is 0. The van der Waals surface area contributed by atoms with Gasteiger partial charge in [-0.25, -0.2) is 0 Å². The van der Waals surface area contributed by atoms with Crippen LogP contribution in [0.15, 0.2) is 48.5 Å². The van der Waals surface area contributed by atoms with Crippen molar-refractivity contribution in [2.24, 2.45) is 0 Å². The molecule has 0 saturated carbocycles. The fraction of sp³-hybridized carbons (Fsp3) is 0.176. The number of Topliss-reactive ketones (excluding diaryl/α,β-unsaturated/α-hetero) is 2. The van der Waals surface area contributed by atoms with Gasteiger partial charge in [-0.15, -0.1) is 0 Å². The Morgan fingerprint density at radius 2 is 1.80 bits per heavy atom. The molecule has 20 heavy (non-hydrogen) atoms. The third kappa shape index (κ3) is 2.39. The first-order valence-corrected chi connectivity index (χ1v) is 6.94. The molecule has 0 unspecified atom stereocenters. The van der Waals surface area contributed by atoms with Crippen LogP contribution >= 0.6 is 11.6 Å². The number of halogens is 1. The number of hydrogen-bond donors (Lipinski definition) is 0. The molecule has 2 aromatic rings. The predicted octanol–water partition coefficient (Wildman–Crippen LogP) is 4.28. The molecule has 3 heteroatoms. The van der Waals surface area contributed by atoms with Crippen LogP contribution in [0.4, 0.5) is 0 Å². The predicted molar refractivity (Wildman–Crippen MR) is 78.5 cm³/mol. The van der Waals surface area contributed by atoms with Crippen LogP contribution in [-0.4, -0.2) is 11.6 Å². The van der Waals surface area contributed by atoms with Gasteiger partial charge in [-0.2, -0.15) is 0 Å². The van der Waals surface area contributed by atoms with Crippen molar-refractivity contribution in [2.45, 2.75) is 18.8 Å². The van der Waals surface area contributed by atoms with E-state index in [1.165, 1.54) is 0 Å². The monoisotopic (exact) mass is 284 g/mol. The van der Waals surface area contributed by atoms with Crippen LogP contribution in [0.1, 0.15) is 45.0 Å². The molecular formula is C17H13ClO2. The largest absolute Gasteiger partial charge is 0.294 e. The topological polar surface area (TPSA) is 34.1 Å². The van der Waals surface area contributed by atoms with E-state index in [0.29, 0.717) is 23.4 Å². The van der Waals surface area contributed by atoms with Gasteiger partial charge in [0.05, 0.1) is 0 Å². The lowest BCUT2D eigenvalue weighted by atomic mass is 9.93. The Morgan fingerprint density at radius 1 is 1.10 bits per heavy atom. The normalized spacial score (nSPS) is 17.1. The number of rotatable bonds is 3. The first-order valence-electron chi connectivity index (χ1n) is 6.56. The van der Waals surface area contributed by atoms with Crippen molar-refractivity contribution < 1.29 is 9.59 Å². The molecule has 0 N–H and O–H groups in total. The van der Waals surface area contributed by atoms with Gasteiger partial charge in [-0.3, -0.25) is 9.59 Å². The highest BCUT2D eigenvalue weighted by Crippen LogP contribution is 2.36. The number of carbonyl (C=O) groups is 2. The number of ketones is 2. The van der Waals surface area contributed by atoms with Gasteiger partial charge in [0.1, 0.15) is 0 Å². The second-order valence-corrected chi connectivity index (χ2v) is 5.48. The molecule has 0 fully saturated rings. The van der Waals surface area contributed by atoms with E-state index in [1.54, 1.807) is 24.3 Å². The minimum Gasteiger partial charge on any atom is -0.294 e. The quantitative estimate of drug-likeness (QED) is 0.788. The van der Waals surface area contributed by atoms with E-state index in [9.17, 15) is 9.59 Å². The van der Waals surface area contributed by atoms with Crippen LogP contribution < -0.4 is 0 Å². The van der Waals surface area contributed by atoms with E-state index in [0.717, 1.165) is 11.1 Å². The summed E-state index contributed by atoms with van der Waals surface area (Å²) in [5.74, 6) is 0.188. The lowest BCUT2D eigenvalue weighted by Crippen LogP contribution is -2.05. The fourth-order valence-corrected chi connectivity index (χ4v) is 2.84. The molecule has 0 aromatic heterocycles. The molecule has 1 aliphatic rings. The maximum absolute atomic E-state index is 12.3. The third-order valence-corrected chi connectivity index (χ3v) is 3.98. The summed E-state index contributed by atoms with van der Waals surface area (Å²) in [4.78, 5) is 24.2. The highest BCUT2D eigenvalue weighted by molar-refractivity contribution is 6.30. The molecule has 1 aliphatic carbocycles. The third-order valence-electron chi connectivity index (χ3n) is 3.73. The number of hydrogen-bond acceptors (Lipinski definition) is 2. The van der Waals surface area contributed by atoms with Gasteiger partial charge >= 0.3 is 0 Å². The van der Waals surface area contributed by atoms with Gasteiger partial charge in [0.15, 0.2) is 11.6 Å². The van der Waals surface area contributed by atoms with E-state index in [-0.39, 0.29) is 17.5 Å². The van der Waals surface area contributed by atoms with Crippen molar-refractivity contribution in [3.05, 3.63) is 70.2 Å². The first kappa shape index (κ1) is 13.1. The minimum atomic E-state index is 0.00174. The molecule has 0 spiro atoms. The number of carbonyl (C=O) groups excluding carboxylic acids is 2. The maximum Gasteiger partial charge on any atom is 0.163 e. The van der Waals surface area contributed by atoms with Crippen molar-refractivity contribution in [2.75, 3.05) is 0 Å². The van der Waals surface area contributed by atoms with Crippen molar-refractivity contribution in [1.82, 2.24) is 0 Å². The zero-order valence-electron chi connectivity index (χ0n) is 10.8. The van der Waals surface area contributed by atoms with Crippen LogP contribution in [0, 0.1) is 0 Å². The molecule has 0 aliphatic heterocycles. The first-order chi connectivity index (χ1) is 9.65. The van der Waals surface area contributed by atoms with Crippen LogP contribution in [-0.2, 0) is 0 Å². The Morgan fingerprint density at radius 3 is 2.55 bits per heavy atom. The second-order valence-electron chi connectivity index (χ2n) is 5.05. The van der Waals surface area contributed by atoms with E-state index in [4.69, 9.17) is 11.6 Å². The molecule has 0 amide bonds. The summed E-state index contributed by atoms with van der Waals surface area (Å²) >= 11 is 5.82. The van der Waals surface area contributed by atoms with Gasteiger partial charge in [0, 0.05) is 29.0 Å². The van der Waals surface area contributed by atoms with Crippen molar-refractivity contribution in [3.63, 3.8) is 0 Å².